The lowest BCUT2D eigenvalue weighted by Gasteiger charge is -2.48. The zero-order valence-corrected chi connectivity index (χ0v) is 28.5. The number of hydrogen-bond acceptors (Lipinski definition) is 7. The quantitative estimate of drug-likeness (QED) is 0.283. The van der Waals surface area contributed by atoms with Gasteiger partial charge in [-0.05, 0) is 69.9 Å². The van der Waals surface area contributed by atoms with Gasteiger partial charge < -0.3 is 30.1 Å². The summed E-state index contributed by atoms with van der Waals surface area (Å²) in [6, 6.07) is 12.9. The molecule has 3 aliphatic rings. The molecule has 3 aromatic rings. The number of carbonyl (C=O) groups is 4. The van der Waals surface area contributed by atoms with E-state index in [1.807, 2.05) is 48.5 Å². The number of fused-ring (bicyclic) bond motifs is 5. The number of rotatable bonds is 4. The molecule has 268 valence electrons. The second kappa shape index (κ2) is 13.6. The molecule has 0 spiro atoms. The number of carboxylic acid groups (broad SMARTS) is 1. The number of para-hydroxylation sites is 1. The van der Waals surface area contributed by atoms with Crippen molar-refractivity contribution in [2.45, 2.75) is 114 Å². The van der Waals surface area contributed by atoms with E-state index >= 15 is 8.78 Å². The van der Waals surface area contributed by atoms with Crippen LogP contribution in [0.1, 0.15) is 78.6 Å². The Morgan fingerprint density at radius 3 is 2.36 bits per heavy atom. The van der Waals surface area contributed by atoms with Crippen molar-refractivity contribution >= 4 is 45.6 Å². The third-order valence-electron chi connectivity index (χ3n) is 10.1. The molecule has 11 nitrogen and oxygen atoms in total. The van der Waals surface area contributed by atoms with E-state index in [9.17, 15) is 24.3 Å². The zero-order chi connectivity index (χ0) is 35.8. The number of alkyl halides is 2. The van der Waals surface area contributed by atoms with Crippen LogP contribution in [0.2, 0.25) is 0 Å². The molecule has 2 aromatic carbocycles. The second-order valence-corrected chi connectivity index (χ2v) is 14.8. The first-order valence-electron chi connectivity index (χ1n) is 17.3. The first kappa shape index (κ1) is 35.3. The minimum Gasteiger partial charge on any atom is -0.479 e. The molecule has 0 bridgehead atoms. The van der Waals surface area contributed by atoms with Crippen molar-refractivity contribution in [1.29, 1.82) is 0 Å². The van der Waals surface area contributed by atoms with Gasteiger partial charge in [-0.25, -0.2) is 23.4 Å². The number of nitrogens with zero attached hydrogens (tertiary/aromatic N) is 2. The number of pyridine rings is 1. The molecule has 50 heavy (non-hydrogen) atoms. The summed E-state index contributed by atoms with van der Waals surface area (Å²) in [5.41, 5.74) is -2.05. The molecule has 3 N–H and O–H groups in total. The maximum atomic E-state index is 15.1. The van der Waals surface area contributed by atoms with Gasteiger partial charge in [-0.3, -0.25) is 9.59 Å². The fourth-order valence-corrected chi connectivity index (χ4v) is 7.49. The Hall–Kier alpha value is -4.55. The zero-order valence-electron chi connectivity index (χ0n) is 28.5. The van der Waals surface area contributed by atoms with Gasteiger partial charge in [-0.1, -0.05) is 49.2 Å². The minimum absolute atomic E-state index is 0.00869. The van der Waals surface area contributed by atoms with Gasteiger partial charge in [0.1, 0.15) is 29.3 Å². The van der Waals surface area contributed by atoms with Crippen molar-refractivity contribution < 1.29 is 42.5 Å². The molecule has 1 aromatic heterocycles. The molecule has 3 fully saturated rings. The number of carboxylic acids is 1. The average molecular weight is 695 g/mol. The molecule has 6 rings (SSSR count). The molecule has 1 aliphatic carbocycles. The highest BCUT2D eigenvalue weighted by Crippen LogP contribution is 2.46. The van der Waals surface area contributed by atoms with Gasteiger partial charge in [0.05, 0.1) is 12.1 Å². The summed E-state index contributed by atoms with van der Waals surface area (Å²) in [7, 11) is 0. The maximum Gasteiger partial charge on any atom is 0.408 e. The molecule has 0 radical (unpaired) electrons. The molecule has 1 saturated carbocycles. The van der Waals surface area contributed by atoms with Crippen LogP contribution in [0.15, 0.2) is 48.5 Å². The van der Waals surface area contributed by atoms with Gasteiger partial charge in [0.25, 0.3) is 0 Å². The monoisotopic (exact) mass is 694 g/mol. The number of nitrogens with one attached hydrogen (secondary N) is 2. The number of carbonyl (C=O) groups excluding carboxylic acids is 3. The highest BCUT2D eigenvalue weighted by Gasteiger charge is 2.58. The van der Waals surface area contributed by atoms with Crippen LogP contribution in [0.4, 0.5) is 13.6 Å². The van der Waals surface area contributed by atoms with Gasteiger partial charge in [0.2, 0.25) is 23.6 Å². The summed E-state index contributed by atoms with van der Waals surface area (Å²) in [5, 5.41) is 18.1. The molecule has 5 unspecified atom stereocenters. The van der Waals surface area contributed by atoms with Crippen molar-refractivity contribution in [3.05, 3.63) is 48.5 Å². The smallest absolute Gasteiger partial charge is 0.408 e. The summed E-state index contributed by atoms with van der Waals surface area (Å²) in [4.78, 5) is 60.0. The molecular weight excluding hydrogens is 650 g/mol. The van der Waals surface area contributed by atoms with E-state index < -0.39 is 77.9 Å². The summed E-state index contributed by atoms with van der Waals surface area (Å²) < 4.78 is 42.2. The fourth-order valence-electron chi connectivity index (χ4n) is 7.49. The predicted octanol–water partition coefficient (Wildman–Crippen LogP) is 5.97. The van der Waals surface area contributed by atoms with E-state index in [4.69, 9.17) is 14.5 Å². The summed E-state index contributed by atoms with van der Waals surface area (Å²) in [5.74, 6) is -6.53. The van der Waals surface area contributed by atoms with Gasteiger partial charge in [-0.2, -0.15) is 0 Å². The minimum atomic E-state index is -3.13. The van der Waals surface area contributed by atoms with E-state index in [0.717, 1.165) is 16.2 Å². The Kier molecular flexibility index (Phi) is 9.62. The largest absolute Gasteiger partial charge is 0.479 e. The summed E-state index contributed by atoms with van der Waals surface area (Å²) in [6.45, 7) is 4.99. The molecular formula is C37H44F2N4O7. The Labute approximate surface area is 289 Å². The Balaban J connectivity index is 1.35. The highest BCUT2D eigenvalue weighted by atomic mass is 19.3. The van der Waals surface area contributed by atoms with Gasteiger partial charge >= 0.3 is 12.1 Å². The summed E-state index contributed by atoms with van der Waals surface area (Å²) >= 11 is 0. The molecule has 2 aliphatic heterocycles. The topological polar surface area (TPSA) is 147 Å². The number of benzene rings is 2. The molecule has 3 heterocycles. The Bertz CT molecular complexity index is 1800. The maximum absolute atomic E-state index is 15.1. The SMILES string of the molecule is CC(C)(C)OC(=O)NC1CCCCCC(F)(F)CC2CCC2(C(=O)O)NC(=O)C2CC(Oc3nc4ccccc4c4ccccc34)CN2C1=O. The van der Waals surface area contributed by atoms with E-state index in [1.165, 1.54) is 4.90 Å². The number of amides is 3. The van der Waals surface area contributed by atoms with Gasteiger partial charge in [0, 0.05) is 30.0 Å². The predicted molar refractivity (Wildman–Crippen MR) is 181 cm³/mol. The molecule has 2 saturated heterocycles. The van der Waals surface area contributed by atoms with Crippen LogP contribution in [0.25, 0.3) is 21.7 Å². The number of ether oxygens (including phenoxy) is 2. The number of alkyl carbamates (subject to hydrolysis) is 1. The van der Waals surface area contributed by atoms with E-state index in [0.29, 0.717) is 24.2 Å². The van der Waals surface area contributed by atoms with Crippen molar-refractivity contribution in [2.24, 2.45) is 5.92 Å². The highest BCUT2D eigenvalue weighted by molar-refractivity contribution is 6.07. The van der Waals surface area contributed by atoms with Gasteiger partial charge in [0.15, 0.2) is 0 Å². The van der Waals surface area contributed by atoms with E-state index in [2.05, 4.69) is 10.6 Å². The van der Waals surface area contributed by atoms with Crippen molar-refractivity contribution in [2.75, 3.05) is 6.54 Å². The Morgan fingerprint density at radius 1 is 0.980 bits per heavy atom. The molecule has 3 amide bonds. The number of aliphatic carboxylic acids is 1. The van der Waals surface area contributed by atoms with Crippen LogP contribution < -0.4 is 15.4 Å². The first-order chi connectivity index (χ1) is 23.7. The third kappa shape index (κ3) is 7.32. The number of halogens is 2. The van der Waals surface area contributed by atoms with Gasteiger partial charge in [-0.15, -0.1) is 0 Å². The normalized spacial score (nSPS) is 27.6. The number of aromatic nitrogens is 1. The molecule has 13 heteroatoms. The van der Waals surface area contributed by atoms with Crippen molar-refractivity contribution in [3.8, 4) is 5.88 Å². The van der Waals surface area contributed by atoms with Crippen molar-refractivity contribution in [1.82, 2.24) is 20.5 Å². The van der Waals surface area contributed by atoms with Crippen LogP contribution in [-0.4, -0.2) is 80.7 Å². The average Bonchev–Trinajstić information content (AvgIpc) is 3.47. The fraction of sp³-hybridized carbons (Fsp3) is 0.541. The van der Waals surface area contributed by atoms with Crippen LogP contribution in [0.3, 0.4) is 0 Å². The lowest BCUT2D eigenvalue weighted by molar-refractivity contribution is -0.161. The van der Waals surface area contributed by atoms with Crippen LogP contribution in [0.5, 0.6) is 5.88 Å². The van der Waals surface area contributed by atoms with Crippen molar-refractivity contribution in [3.63, 3.8) is 0 Å². The second-order valence-electron chi connectivity index (χ2n) is 14.8. The van der Waals surface area contributed by atoms with Crippen LogP contribution >= 0.6 is 0 Å². The van der Waals surface area contributed by atoms with E-state index in [-0.39, 0.29) is 38.6 Å². The van der Waals surface area contributed by atoms with E-state index in [1.54, 1.807) is 20.8 Å². The molecule has 5 atom stereocenters. The summed E-state index contributed by atoms with van der Waals surface area (Å²) in [6.07, 6.45) is -1.51. The lowest BCUT2D eigenvalue weighted by Crippen LogP contribution is -2.68. The standard InChI is InChI=1S/C37H44F2N4O7/c1-35(2,3)50-34(48)41-28-15-5-4-10-17-36(38,39)20-22-16-18-37(22,33(46)47)42-30(44)29-19-23(21-43(29)32(28)45)49-31-26-13-7-6-11-24(26)25-12-8-9-14-27(25)40-31/h6-9,11-14,22-23,28-29H,4-5,10,15-21H2,1-3H3,(H,41,48)(H,42,44)(H,46,47). The number of hydrogen-bond donors (Lipinski definition) is 3. The first-order valence-corrected chi connectivity index (χ1v) is 17.3. The Morgan fingerprint density at radius 2 is 1.68 bits per heavy atom. The third-order valence-corrected chi connectivity index (χ3v) is 10.1. The van der Waals surface area contributed by atoms with Crippen LogP contribution in [-0.2, 0) is 19.1 Å². The lowest BCUT2D eigenvalue weighted by atomic mass is 9.63. The van der Waals surface area contributed by atoms with Crippen LogP contribution in [0, 0.1) is 5.92 Å².